The second kappa shape index (κ2) is 6.21. The summed E-state index contributed by atoms with van der Waals surface area (Å²) in [5, 5.41) is 2.78. The molecule has 5 nitrogen and oxygen atoms in total. The number of hydrogen-bond acceptors (Lipinski definition) is 4. The van der Waals surface area contributed by atoms with Gasteiger partial charge in [-0.15, -0.1) is 0 Å². The molecule has 1 rings (SSSR count). The first kappa shape index (κ1) is 14.3. The van der Waals surface area contributed by atoms with Crippen LogP contribution in [0.15, 0.2) is 0 Å². The number of nitrogens with one attached hydrogen (secondary N) is 1. The number of carbonyl (C=O) groups excluding carboxylic acids is 1. The van der Waals surface area contributed by atoms with Crippen LogP contribution in [0, 0.1) is 11.8 Å². The predicted octanol–water partition coefficient (Wildman–Crippen LogP) is 1.12. The van der Waals surface area contributed by atoms with E-state index in [2.05, 4.69) is 5.32 Å². The van der Waals surface area contributed by atoms with Crippen molar-refractivity contribution in [3.05, 3.63) is 0 Å². The average molecular weight is 244 g/mol. The third kappa shape index (κ3) is 5.37. The highest BCUT2D eigenvalue weighted by atomic mass is 16.6. The number of amides is 1. The van der Waals surface area contributed by atoms with Crippen molar-refractivity contribution >= 4 is 6.09 Å². The molecule has 0 aromatic carbocycles. The second-order valence-electron chi connectivity index (χ2n) is 5.50. The molecule has 1 heterocycles. The summed E-state index contributed by atoms with van der Waals surface area (Å²) in [4.78, 5) is 11.5. The fourth-order valence-electron chi connectivity index (χ4n) is 1.91. The van der Waals surface area contributed by atoms with E-state index in [1.807, 2.05) is 20.8 Å². The molecule has 0 bridgehead atoms. The minimum atomic E-state index is -0.458. The third-order valence-corrected chi connectivity index (χ3v) is 2.84. The monoisotopic (exact) mass is 244 g/mol. The van der Waals surface area contributed by atoms with Crippen LogP contribution in [0.4, 0.5) is 4.79 Å². The van der Waals surface area contributed by atoms with E-state index in [0.29, 0.717) is 31.5 Å². The Kier molecular flexibility index (Phi) is 5.21. The lowest BCUT2D eigenvalue weighted by molar-refractivity contribution is 0.0157. The first-order valence-corrected chi connectivity index (χ1v) is 6.17. The molecular weight excluding hydrogens is 220 g/mol. The van der Waals surface area contributed by atoms with Crippen molar-refractivity contribution in [2.24, 2.45) is 17.6 Å². The maximum atomic E-state index is 11.5. The van der Waals surface area contributed by atoms with Gasteiger partial charge in [-0.25, -0.2) is 4.79 Å². The normalized spacial score (nSPS) is 25.4. The van der Waals surface area contributed by atoms with E-state index in [9.17, 15) is 4.79 Å². The van der Waals surface area contributed by atoms with Gasteiger partial charge in [0.2, 0.25) is 0 Å². The van der Waals surface area contributed by atoms with Gasteiger partial charge >= 0.3 is 6.09 Å². The quantitative estimate of drug-likeness (QED) is 0.780. The van der Waals surface area contributed by atoms with Crippen LogP contribution in [-0.2, 0) is 9.47 Å². The molecule has 0 spiro atoms. The molecular formula is C12H24N2O3. The largest absolute Gasteiger partial charge is 0.444 e. The summed E-state index contributed by atoms with van der Waals surface area (Å²) < 4.78 is 10.6. The highest BCUT2D eigenvalue weighted by molar-refractivity contribution is 5.67. The number of ether oxygens (including phenoxy) is 2. The Hall–Kier alpha value is -0.810. The predicted molar refractivity (Wildman–Crippen MR) is 65.7 cm³/mol. The number of rotatable bonds is 3. The number of alkyl carbamates (subject to hydrolysis) is 1. The van der Waals surface area contributed by atoms with E-state index >= 15 is 0 Å². The van der Waals surface area contributed by atoms with Crippen LogP contribution in [0.5, 0.6) is 0 Å². The van der Waals surface area contributed by atoms with Gasteiger partial charge in [-0.3, -0.25) is 0 Å². The molecule has 1 aliphatic rings. The molecule has 5 heteroatoms. The van der Waals surface area contributed by atoms with Crippen LogP contribution < -0.4 is 11.1 Å². The maximum absolute atomic E-state index is 11.5. The Morgan fingerprint density at radius 3 is 2.76 bits per heavy atom. The van der Waals surface area contributed by atoms with Gasteiger partial charge in [0, 0.05) is 19.1 Å². The van der Waals surface area contributed by atoms with Crippen LogP contribution >= 0.6 is 0 Å². The molecule has 1 aliphatic heterocycles. The smallest absolute Gasteiger partial charge is 0.407 e. The lowest BCUT2D eigenvalue weighted by Crippen LogP contribution is -2.42. The summed E-state index contributed by atoms with van der Waals surface area (Å²) in [6, 6.07) is 0. The zero-order chi connectivity index (χ0) is 12.9. The third-order valence-electron chi connectivity index (χ3n) is 2.84. The topological polar surface area (TPSA) is 73.6 Å². The summed E-state index contributed by atoms with van der Waals surface area (Å²) in [6.07, 6.45) is 0.593. The summed E-state index contributed by atoms with van der Waals surface area (Å²) >= 11 is 0. The SMILES string of the molecule is CC(C)(C)OC(=O)NCC1COCCC1CN. The van der Waals surface area contributed by atoms with Crippen molar-refractivity contribution in [1.29, 1.82) is 0 Å². The molecule has 100 valence electrons. The van der Waals surface area contributed by atoms with Crippen LogP contribution in [0.1, 0.15) is 27.2 Å². The summed E-state index contributed by atoms with van der Waals surface area (Å²) in [5.74, 6) is 0.722. The minimum absolute atomic E-state index is 0.293. The lowest BCUT2D eigenvalue weighted by atomic mass is 9.88. The van der Waals surface area contributed by atoms with Gasteiger partial charge in [0.15, 0.2) is 0 Å². The number of nitrogens with two attached hydrogens (primary N) is 1. The molecule has 17 heavy (non-hydrogen) atoms. The minimum Gasteiger partial charge on any atom is -0.444 e. The van der Waals surface area contributed by atoms with Gasteiger partial charge < -0.3 is 20.5 Å². The number of hydrogen-bond donors (Lipinski definition) is 2. The first-order chi connectivity index (χ1) is 7.92. The van der Waals surface area contributed by atoms with Crippen LogP contribution in [-0.4, -0.2) is 38.0 Å². The molecule has 0 saturated carbocycles. The molecule has 1 amide bonds. The van der Waals surface area contributed by atoms with Gasteiger partial charge in [0.1, 0.15) is 5.60 Å². The zero-order valence-corrected chi connectivity index (χ0v) is 11.0. The van der Waals surface area contributed by atoms with Crippen molar-refractivity contribution in [2.75, 3.05) is 26.3 Å². The van der Waals surface area contributed by atoms with Gasteiger partial charge in [-0.1, -0.05) is 0 Å². The first-order valence-electron chi connectivity index (χ1n) is 6.17. The van der Waals surface area contributed by atoms with Crippen molar-refractivity contribution in [1.82, 2.24) is 5.32 Å². The van der Waals surface area contributed by atoms with Gasteiger partial charge in [0.05, 0.1) is 6.61 Å². The summed E-state index contributed by atoms with van der Waals surface area (Å²) in [7, 11) is 0. The Balaban J connectivity index is 2.31. The molecule has 2 atom stereocenters. The Labute approximate surface area is 103 Å². The highest BCUT2D eigenvalue weighted by Gasteiger charge is 2.25. The van der Waals surface area contributed by atoms with E-state index < -0.39 is 5.60 Å². The lowest BCUT2D eigenvalue weighted by Gasteiger charge is -2.31. The summed E-state index contributed by atoms with van der Waals surface area (Å²) in [6.45, 7) is 8.18. The van der Waals surface area contributed by atoms with E-state index in [0.717, 1.165) is 13.0 Å². The Morgan fingerprint density at radius 2 is 2.18 bits per heavy atom. The standard InChI is InChI=1S/C12H24N2O3/c1-12(2,3)17-11(15)14-7-10-8-16-5-4-9(10)6-13/h9-10H,4-8,13H2,1-3H3,(H,14,15). The second-order valence-corrected chi connectivity index (χ2v) is 5.50. The molecule has 2 unspecified atom stereocenters. The maximum Gasteiger partial charge on any atom is 0.407 e. The van der Waals surface area contributed by atoms with Gasteiger partial charge in [-0.05, 0) is 39.7 Å². The van der Waals surface area contributed by atoms with Crippen LogP contribution in [0.25, 0.3) is 0 Å². The average Bonchev–Trinajstić information content (AvgIpc) is 2.24. The molecule has 1 fully saturated rings. The zero-order valence-electron chi connectivity index (χ0n) is 11.0. The van der Waals surface area contributed by atoms with E-state index in [4.69, 9.17) is 15.2 Å². The van der Waals surface area contributed by atoms with Crippen LogP contribution in [0.2, 0.25) is 0 Å². The number of carbonyl (C=O) groups is 1. The molecule has 0 aliphatic carbocycles. The van der Waals surface area contributed by atoms with E-state index in [1.165, 1.54) is 0 Å². The fraction of sp³-hybridized carbons (Fsp3) is 0.917. The van der Waals surface area contributed by atoms with Gasteiger partial charge in [-0.2, -0.15) is 0 Å². The molecule has 0 radical (unpaired) electrons. The molecule has 0 aromatic rings. The summed E-state index contributed by atoms with van der Waals surface area (Å²) in [5.41, 5.74) is 5.24. The fourth-order valence-corrected chi connectivity index (χ4v) is 1.91. The van der Waals surface area contributed by atoms with Crippen molar-refractivity contribution in [3.8, 4) is 0 Å². The molecule has 1 saturated heterocycles. The van der Waals surface area contributed by atoms with Gasteiger partial charge in [0.25, 0.3) is 0 Å². The van der Waals surface area contributed by atoms with Crippen molar-refractivity contribution < 1.29 is 14.3 Å². The Morgan fingerprint density at radius 1 is 1.47 bits per heavy atom. The molecule has 0 aromatic heterocycles. The molecule has 3 N–H and O–H groups in total. The van der Waals surface area contributed by atoms with E-state index in [-0.39, 0.29) is 6.09 Å². The van der Waals surface area contributed by atoms with Crippen molar-refractivity contribution in [2.45, 2.75) is 32.8 Å². The Bertz CT molecular complexity index is 251. The van der Waals surface area contributed by atoms with Crippen molar-refractivity contribution in [3.63, 3.8) is 0 Å². The van der Waals surface area contributed by atoms with E-state index in [1.54, 1.807) is 0 Å². The highest BCUT2D eigenvalue weighted by Crippen LogP contribution is 2.20. The van der Waals surface area contributed by atoms with Crippen LogP contribution in [0.3, 0.4) is 0 Å².